The van der Waals surface area contributed by atoms with Gasteiger partial charge in [0.05, 0.1) is 0 Å². The molecule has 0 bridgehead atoms. The van der Waals surface area contributed by atoms with Crippen molar-refractivity contribution in [3.8, 4) is 0 Å². The van der Waals surface area contributed by atoms with Gasteiger partial charge in [-0.1, -0.05) is 0 Å². The van der Waals surface area contributed by atoms with Crippen molar-refractivity contribution in [3.05, 3.63) is 18.2 Å². The third-order valence-electron chi connectivity index (χ3n) is 1.41. The van der Waals surface area contributed by atoms with Crippen molar-refractivity contribution >= 4 is 26.5 Å². The lowest BCUT2D eigenvalue weighted by atomic mass is 10.2. The van der Waals surface area contributed by atoms with Crippen LogP contribution in [0.5, 0.6) is 0 Å². The summed E-state index contributed by atoms with van der Waals surface area (Å²) in [5.74, 6) is 0. The molecule has 0 aliphatic heterocycles. The van der Waals surface area contributed by atoms with Crippen LogP contribution in [0.3, 0.4) is 0 Å². The van der Waals surface area contributed by atoms with Crippen molar-refractivity contribution in [2.45, 2.75) is 0 Å². The van der Waals surface area contributed by atoms with Crippen LogP contribution in [0.15, 0.2) is 18.2 Å². The van der Waals surface area contributed by atoms with Gasteiger partial charge in [-0.05, 0) is 27.6 Å². The fourth-order valence-electron chi connectivity index (χ4n) is 0.879. The van der Waals surface area contributed by atoms with E-state index in [2.05, 4.69) is 19.8 Å². The Kier molecular flexibility index (Phi) is 2.55. The maximum atomic E-state index is 5.62. The largest absolute Gasteiger partial charge is 0.399 e. The van der Waals surface area contributed by atoms with Gasteiger partial charge in [-0.2, -0.15) is 0 Å². The van der Waals surface area contributed by atoms with E-state index in [0.29, 0.717) is 0 Å². The van der Waals surface area contributed by atoms with Gasteiger partial charge in [0.25, 0.3) is 0 Å². The van der Waals surface area contributed by atoms with Crippen LogP contribution in [-0.4, -0.2) is 7.05 Å². The van der Waals surface area contributed by atoms with Crippen molar-refractivity contribution in [3.63, 3.8) is 0 Å². The number of nitrogens with two attached hydrogens (primary N) is 1. The topological polar surface area (TPSA) is 50.1 Å². The van der Waals surface area contributed by atoms with E-state index in [9.17, 15) is 0 Å². The van der Waals surface area contributed by atoms with E-state index in [1.54, 1.807) is 0 Å². The van der Waals surface area contributed by atoms with Crippen LogP contribution in [0, 0.1) is 0 Å². The molecule has 1 aromatic rings. The van der Waals surface area contributed by atoms with Gasteiger partial charge >= 0.3 is 0 Å². The fourth-order valence-corrected chi connectivity index (χ4v) is 1.05. The summed E-state index contributed by atoms with van der Waals surface area (Å²) in [5, 5.41) is 5.95. The zero-order chi connectivity index (χ0) is 8.27. The second-order valence-corrected chi connectivity index (χ2v) is 2.53. The van der Waals surface area contributed by atoms with Gasteiger partial charge < -0.3 is 16.1 Å². The second kappa shape index (κ2) is 3.44. The molecule has 11 heavy (non-hydrogen) atoms. The first-order valence-electron chi connectivity index (χ1n) is 3.31. The van der Waals surface area contributed by atoms with Gasteiger partial charge in [0.2, 0.25) is 0 Å². The van der Waals surface area contributed by atoms with Gasteiger partial charge in [0.1, 0.15) is 0 Å². The SMILES string of the molecule is CNc1cc(N)cc(NP)c1. The summed E-state index contributed by atoms with van der Waals surface area (Å²) >= 11 is 0. The molecule has 4 heteroatoms. The van der Waals surface area contributed by atoms with Crippen molar-refractivity contribution in [2.24, 2.45) is 0 Å². The fraction of sp³-hybridized carbons (Fsp3) is 0.143. The highest BCUT2D eigenvalue weighted by Crippen LogP contribution is 2.20. The van der Waals surface area contributed by atoms with Crippen molar-refractivity contribution in [2.75, 3.05) is 23.2 Å². The first kappa shape index (κ1) is 8.15. The first-order valence-corrected chi connectivity index (χ1v) is 3.89. The Morgan fingerprint density at radius 2 is 1.91 bits per heavy atom. The van der Waals surface area contributed by atoms with Gasteiger partial charge in [0.15, 0.2) is 0 Å². The van der Waals surface area contributed by atoms with E-state index in [1.165, 1.54) is 0 Å². The minimum absolute atomic E-state index is 0.752. The summed E-state index contributed by atoms with van der Waals surface area (Å²) < 4.78 is 0. The molecule has 1 rings (SSSR count). The zero-order valence-corrected chi connectivity index (χ0v) is 7.54. The summed E-state index contributed by atoms with van der Waals surface area (Å²) in [6.45, 7) is 0. The van der Waals surface area contributed by atoms with Gasteiger partial charge in [-0.15, -0.1) is 0 Å². The molecule has 0 saturated heterocycles. The minimum Gasteiger partial charge on any atom is -0.399 e. The first-order chi connectivity index (χ1) is 5.26. The molecule has 3 nitrogen and oxygen atoms in total. The number of rotatable bonds is 2. The van der Waals surface area contributed by atoms with E-state index in [0.717, 1.165) is 17.1 Å². The van der Waals surface area contributed by atoms with Crippen LogP contribution in [0.25, 0.3) is 0 Å². The molecule has 60 valence electrons. The molecular formula is C7H12N3P. The summed E-state index contributed by atoms with van der Waals surface area (Å²) in [5.41, 5.74) is 8.37. The molecule has 0 aromatic heterocycles. The average Bonchev–Trinajstić information content (AvgIpc) is 2.03. The normalized spacial score (nSPS) is 9.27. The molecule has 0 aliphatic rings. The van der Waals surface area contributed by atoms with Crippen molar-refractivity contribution in [1.29, 1.82) is 0 Å². The quantitative estimate of drug-likeness (QED) is 0.464. The van der Waals surface area contributed by atoms with Crippen molar-refractivity contribution in [1.82, 2.24) is 0 Å². The molecule has 1 aromatic carbocycles. The number of hydrogen-bond acceptors (Lipinski definition) is 3. The molecular weight excluding hydrogens is 157 g/mol. The zero-order valence-electron chi connectivity index (χ0n) is 6.39. The molecule has 0 fully saturated rings. The highest BCUT2D eigenvalue weighted by molar-refractivity contribution is 7.18. The molecule has 0 aliphatic carbocycles. The van der Waals surface area contributed by atoms with Crippen LogP contribution >= 0.6 is 9.39 Å². The summed E-state index contributed by atoms with van der Waals surface area (Å²) in [6.07, 6.45) is 0. The van der Waals surface area contributed by atoms with Crippen LogP contribution in [0.1, 0.15) is 0 Å². The Labute approximate surface area is 68.6 Å². The maximum Gasteiger partial charge on any atom is 0.0410 e. The van der Waals surface area contributed by atoms with E-state index in [-0.39, 0.29) is 0 Å². The second-order valence-electron chi connectivity index (χ2n) is 2.24. The molecule has 0 amide bonds. The van der Waals surface area contributed by atoms with Crippen LogP contribution < -0.4 is 16.1 Å². The summed E-state index contributed by atoms with van der Waals surface area (Å²) in [7, 11) is 4.29. The smallest absolute Gasteiger partial charge is 0.0410 e. The average molecular weight is 169 g/mol. The molecule has 0 heterocycles. The molecule has 0 saturated carbocycles. The Morgan fingerprint density at radius 3 is 2.45 bits per heavy atom. The van der Waals surface area contributed by atoms with Gasteiger partial charge in [-0.3, -0.25) is 0 Å². The monoisotopic (exact) mass is 169 g/mol. The third kappa shape index (κ3) is 1.99. The van der Waals surface area contributed by atoms with Gasteiger partial charge in [-0.25, -0.2) is 0 Å². The number of anilines is 3. The Bertz CT molecular complexity index is 227. The van der Waals surface area contributed by atoms with E-state index in [1.807, 2.05) is 25.2 Å². The predicted octanol–water partition coefficient (Wildman–Crippen LogP) is 1.51. The molecule has 0 radical (unpaired) electrons. The number of benzene rings is 1. The van der Waals surface area contributed by atoms with E-state index in [4.69, 9.17) is 5.73 Å². The van der Waals surface area contributed by atoms with Crippen LogP contribution in [0.2, 0.25) is 0 Å². The highest BCUT2D eigenvalue weighted by Gasteiger charge is 1.93. The molecule has 0 spiro atoms. The standard InChI is InChI=1S/C7H12N3P/c1-9-6-2-5(8)3-7(4-6)10-11/h2-4,9-10H,8,11H2,1H3. The predicted molar refractivity (Wildman–Crippen MR) is 53.7 cm³/mol. The molecule has 1 atom stereocenters. The summed E-state index contributed by atoms with van der Waals surface area (Å²) in [4.78, 5) is 0. The van der Waals surface area contributed by atoms with Crippen LogP contribution in [0.4, 0.5) is 17.1 Å². The third-order valence-corrected chi connectivity index (χ3v) is 1.74. The lowest BCUT2D eigenvalue weighted by Gasteiger charge is -2.05. The lowest BCUT2D eigenvalue weighted by molar-refractivity contribution is 1.51. The Hall–Kier alpha value is -0.950. The summed E-state index contributed by atoms with van der Waals surface area (Å²) in [6, 6.07) is 5.72. The number of nitrogens with one attached hydrogen (secondary N) is 2. The Balaban J connectivity index is 3.02. The Morgan fingerprint density at radius 1 is 1.27 bits per heavy atom. The molecule has 4 N–H and O–H groups in total. The maximum absolute atomic E-state index is 5.62. The lowest BCUT2D eigenvalue weighted by Crippen LogP contribution is -1.92. The van der Waals surface area contributed by atoms with Gasteiger partial charge in [0, 0.05) is 24.1 Å². The molecule has 1 unspecified atom stereocenters. The van der Waals surface area contributed by atoms with E-state index < -0.39 is 0 Å². The number of nitrogen functional groups attached to an aromatic ring is 1. The highest BCUT2D eigenvalue weighted by atomic mass is 31.0. The number of hydrogen-bond donors (Lipinski definition) is 3. The van der Waals surface area contributed by atoms with E-state index >= 15 is 0 Å². The minimum atomic E-state index is 0.752. The van der Waals surface area contributed by atoms with Crippen LogP contribution in [-0.2, 0) is 0 Å². The van der Waals surface area contributed by atoms with Crippen molar-refractivity contribution < 1.29 is 0 Å².